The summed E-state index contributed by atoms with van der Waals surface area (Å²) >= 11 is 6.16. The van der Waals surface area contributed by atoms with Crippen molar-refractivity contribution in [2.75, 3.05) is 16.8 Å². The van der Waals surface area contributed by atoms with Crippen molar-refractivity contribution in [2.24, 2.45) is 0 Å². The summed E-state index contributed by atoms with van der Waals surface area (Å²) in [4.78, 5) is 37.8. The normalized spacial score (nSPS) is 14.9. The zero-order chi connectivity index (χ0) is 19.4. The molecule has 0 radical (unpaired) electrons. The molecule has 0 bridgehead atoms. The van der Waals surface area contributed by atoms with Crippen molar-refractivity contribution in [3.05, 3.63) is 34.4 Å². The predicted octanol–water partition coefficient (Wildman–Crippen LogP) is 2.38. The Morgan fingerprint density at radius 3 is 2.65 bits per heavy atom. The van der Waals surface area contributed by atoms with Crippen molar-refractivity contribution in [3.8, 4) is 6.07 Å². The number of halogens is 1. The van der Waals surface area contributed by atoms with Crippen molar-refractivity contribution in [3.63, 3.8) is 0 Å². The molecule has 1 aliphatic heterocycles. The highest BCUT2D eigenvalue weighted by Crippen LogP contribution is 2.33. The fraction of sp³-hybridized carbons (Fsp3) is 0.333. The minimum Gasteiger partial charge on any atom is -0.373 e. The van der Waals surface area contributed by atoms with E-state index in [0.717, 1.165) is 10.5 Å². The molecule has 26 heavy (non-hydrogen) atoms. The topological polar surface area (TPSA) is 102 Å². The van der Waals surface area contributed by atoms with Gasteiger partial charge in [0.25, 0.3) is 5.91 Å². The maximum absolute atomic E-state index is 12.5. The summed E-state index contributed by atoms with van der Waals surface area (Å²) in [7, 11) is 0. The Balaban J connectivity index is 2.27. The molecule has 1 saturated heterocycles. The molecule has 136 valence electrons. The number of anilines is 2. The Morgan fingerprint density at radius 2 is 2.08 bits per heavy atom. The Labute approximate surface area is 156 Å². The van der Waals surface area contributed by atoms with Crippen molar-refractivity contribution in [1.29, 1.82) is 5.26 Å². The van der Waals surface area contributed by atoms with E-state index in [1.165, 1.54) is 0 Å². The van der Waals surface area contributed by atoms with E-state index in [1.807, 2.05) is 6.07 Å². The van der Waals surface area contributed by atoms with Crippen molar-refractivity contribution < 1.29 is 14.4 Å². The Hall–Kier alpha value is -2.85. The van der Waals surface area contributed by atoms with Crippen LogP contribution in [0.1, 0.15) is 27.2 Å². The summed E-state index contributed by atoms with van der Waals surface area (Å²) in [5.74, 6) is -1.02. The molecule has 0 spiro atoms. The number of benzene rings is 1. The van der Waals surface area contributed by atoms with Gasteiger partial charge in [-0.1, -0.05) is 17.2 Å². The zero-order valence-corrected chi connectivity index (χ0v) is 15.5. The number of amides is 3. The van der Waals surface area contributed by atoms with Gasteiger partial charge in [-0.05, 0) is 39.0 Å². The first-order valence-electron chi connectivity index (χ1n) is 8.00. The lowest BCUT2D eigenvalue weighted by atomic mass is 10.1. The van der Waals surface area contributed by atoms with Crippen LogP contribution >= 0.6 is 11.6 Å². The minimum absolute atomic E-state index is 0.0690. The number of carbonyl (C=O) groups excluding carboxylic acids is 3. The molecular formula is C18H19ClN4O3. The summed E-state index contributed by atoms with van der Waals surface area (Å²) in [5, 5.41) is 14.2. The monoisotopic (exact) mass is 374 g/mol. The number of nitriles is 1. The molecule has 2 rings (SSSR count). The van der Waals surface area contributed by atoms with E-state index >= 15 is 0 Å². The van der Waals surface area contributed by atoms with Gasteiger partial charge in [0.2, 0.25) is 11.8 Å². The van der Waals surface area contributed by atoms with Crippen LogP contribution in [-0.4, -0.2) is 30.3 Å². The number of carbonyl (C=O) groups is 3. The maximum Gasteiger partial charge on any atom is 0.261 e. The minimum atomic E-state index is -0.658. The summed E-state index contributed by atoms with van der Waals surface area (Å²) in [6.45, 7) is 5.10. The van der Waals surface area contributed by atoms with Crippen LogP contribution in [0.3, 0.4) is 0 Å². The van der Waals surface area contributed by atoms with Crippen molar-refractivity contribution >= 4 is 40.7 Å². The maximum atomic E-state index is 12.5. The highest BCUT2D eigenvalue weighted by atomic mass is 35.5. The third kappa shape index (κ3) is 4.03. The lowest BCUT2D eigenvalue weighted by Gasteiger charge is -2.19. The quantitative estimate of drug-likeness (QED) is 0.468. The molecule has 0 aliphatic carbocycles. The van der Waals surface area contributed by atoms with Gasteiger partial charge in [0, 0.05) is 5.57 Å². The molecule has 2 N–H and O–H groups in total. The third-order valence-electron chi connectivity index (χ3n) is 3.96. The molecule has 8 heteroatoms. The molecule has 1 heterocycles. The van der Waals surface area contributed by atoms with Crippen LogP contribution in [0, 0.1) is 11.3 Å². The molecule has 1 fully saturated rings. The van der Waals surface area contributed by atoms with Crippen LogP contribution in [-0.2, 0) is 14.4 Å². The first-order chi connectivity index (χ1) is 12.3. The van der Waals surface area contributed by atoms with E-state index in [1.54, 1.807) is 39.0 Å². The Kier molecular flexibility index (Phi) is 6.01. The Bertz CT molecular complexity index is 837. The average Bonchev–Trinajstić information content (AvgIpc) is 2.89. The molecule has 1 aliphatic rings. The van der Waals surface area contributed by atoms with E-state index in [4.69, 9.17) is 16.9 Å². The van der Waals surface area contributed by atoms with Crippen LogP contribution in [0.2, 0.25) is 5.02 Å². The second-order valence-electron chi connectivity index (χ2n) is 6.10. The van der Waals surface area contributed by atoms with Gasteiger partial charge in [-0.2, -0.15) is 5.26 Å². The number of hydrogen-bond donors (Lipinski definition) is 2. The molecule has 1 unspecified atom stereocenters. The zero-order valence-electron chi connectivity index (χ0n) is 14.7. The summed E-state index contributed by atoms with van der Waals surface area (Å²) < 4.78 is 0. The summed E-state index contributed by atoms with van der Waals surface area (Å²) in [6, 6.07) is 5.86. The molecule has 7 nitrogen and oxygen atoms in total. The van der Waals surface area contributed by atoms with Crippen LogP contribution in [0.5, 0.6) is 0 Å². The number of hydrogen-bond acceptors (Lipinski definition) is 5. The number of imide groups is 1. The standard InChI is InChI=1S/C18H19ClN4O3/c1-10(2)13-9-16(24)23(18(13)26)12-4-5-14(19)15(8-12)22-11(3)17(25)21-7-6-20/h4-5,8,11,22H,7,9H2,1-3H3,(H,21,25). The molecule has 0 saturated carbocycles. The van der Waals surface area contributed by atoms with E-state index in [9.17, 15) is 14.4 Å². The number of nitrogens with zero attached hydrogens (tertiary/aromatic N) is 2. The summed E-state index contributed by atoms with van der Waals surface area (Å²) in [5.41, 5.74) is 2.09. The van der Waals surface area contributed by atoms with Crippen LogP contribution in [0.4, 0.5) is 11.4 Å². The second kappa shape index (κ2) is 8.02. The molecular weight excluding hydrogens is 356 g/mol. The molecule has 1 atom stereocenters. The fourth-order valence-corrected chi connectivity index (χ4v) is 2.72. The molecule has 0 aromatic heterocycles. The van der Waals surface area contributed by atoms with Crippen molar-refractivity contribution in [2.45, 2.75) is 33.2 Å². The molecule has 3 amide bonds. The van der Waals surface area contributed by atoms with Gasteiger partial charge in [-0.25, -0.2) is 4.90 Å². The first kappa shape index (κ1) is 19.5. The van der Waals surface area contributed by atoms with Gasteiger partial charge < -0.3 is 10.6 Å². The van der Waals surface area contributed by atoms with Gasteiger partial charge in [0.15, 0.2) is 0 Å². The van der Waals surface area contributed by atoms with E-state index in [-0.39, 0.29) is 30.7 Å². The van der Waals surface area contributed by atoms with Gasteiger partial charge in [0.1, 0.15) is 12.6 Å². The number of nitrogens with one attached hydrogen (secondary N) is 2. The van der Waals surface area contributed by atoms with E-state index in [0.29, 0.717) is 22.0 Å². The van der Waals surface area contributed by atoms with E-state index in [2.05, 4.69) is 10.6 Å². The van der Waals surface area contributed by atoms with Crippen LogP contribution in [0.25, 0.3) is 0 Å². The lowest BCUT2D eigenvalue weighted by Crippen LogP contribution is -2.37. The second-order valence-corrected chi connectivity index (χ2v) is 6.50. The smallest absolute Gasteiger partial charge is 0.261 e. The average molecular weight is 375 g/mol. The van der Waals surface area contributed by atoms with Gasteiger partial charge >= 0.3 is 0 Å². The lowest BCUT2D eigenvalue weighted by molar-refractivity contribution is -0.122. The van der Waals surface area contributed by atoms with Gasteiger partial charge in [-0.3, -0.25) is 14.4 Å². The molecule has 1 aromatic carbocycles. The van der Waals surface area contributed by atoms with E-state index < -0.39 is 6.04 Å². The molecule has 1 aromatic rings. The highest BCUT2D eigenvalue weighted by molar-refractivity contribution is 6.34. The fourth-order valence-electron chi connectivity index (χ4n) is 2.55. The third-order valence-corrected chi connectivity index (χ3v) is 4.29. The van der Waals surface area contributed by atoms with Crippen LogP contribution in [0.15, 0.2) is 29.3 Å². The summed E-state index contributed by atoms with van der Waals surface area (Å²) in [6.07, 6.45) is 0.0690. The van der Waals surface area contributed by atoms with Gasteiger partial charge in [0.05, 0.1) is 28.9 Å². The number of allylic oxidation sites excluding steroid dienone is 1. The first-order valence-corrected chi connectivity index (χ1v) is 8.38. The number of rotatable bonds is 5. The highest BCUT2D eigenvalue weighted by Gasteiger charge is 2.35. The SMILES string of the molecule is CC(C)=C1CC(=O)N(c2ccc(Cl)c(NC(C)C(=O)NCC#N)c2)C1=O. The predicted molar refractivity (Wildman–Crippen MR) is 98.6 cm³/mol. The van der Waals surface area contributed by atoms with Crippen LogP contribution < -0.4 is 15.5 Å². The van der Waals surface area contributed by atoms with Crippen molar-refractivity contribution in [1.82, 2.24) is 5.32 Å². The Morgan fingerprint density at radius 1 is 1.38 bits per heavy atom. The van der Waals surface area contributed by atoms with Gasteiger partial charge in [-0.15, -0.1) is 0 Å². The largest absolute Gasteiger partial charge is 0.373 e.